The number of aliphatic hydroxyl groups excluding tert-OH is 2. The number of anilines is 1. The number of nitrogens with zero attached hydrogens (tertiary/aromatic N) is 1. The molecule has 0 aliphatic carbocycles. The van der Waals surface area contributed by atoms with Crippen LogP contribution in [0, 0.1) is 6.92 Å². The Morgan fingerprint density at radius 1 is 0.966 bits per heavy atom. The molecular weight excluding hydrogens is 400 g/mol. The highest BCUT2D eigenvalue weighted by atomic mass is 32.2. The van der Waals surface area contributed by atoms with Crippen LogP contribution in [0.25, 0.3) is 0 Å². The Bertz CT molecular complexity index is 982. The normalized spacial score (nSPS) is 11.4. The number of amides is 1. The van der Waals surface area contributed by atoms with Gasteiger partial charge >= 0.3 is 5.97 Å². The van der Waals surface area contributed by atoms with Crippen LogP contribution in [0.15, 0.2) is 47.4 Å². The molecule has 0 fully saturated rings. The summed E-state index contributed by atoms with van der Waals surface area (Å²) in [5, 5.41) is 29.7. The molecule has 0 unspecified atom stereocenters. The van der Waals surface area contributed by atoms with Crippen LogP contribution in [0.5, 0.6) is 0 Å². The number of carboxylic acids is 1. The molecule has 156 valence electrons. The predicted molar refractivity (Wildman–Crippen MR) is 105 cm³/mol. The van der Waals surface area contributed by atoms with Crippen molar-refractivity contribution in [1.82, 2.24) is 4.31 Å². The van der Waals surface area contributed by atoms with Gasteiger partial charge in [0.15, 0.2) is 0 Å². The number of carbonyl (C=O) groups excluding carboxylic acids is 1. The summed E-state index contributed by atoms with van der Waals surface area (Å²) in [4.78, 5) is 23.3. The van der Waals surface area contributed by atoms with Crippen molar-refractivity contribution in [3.8, 4) is 0 Å². The summed E-state index contributed by atoms with van der Waals surface area (Å²) in [7, 11) is -4.03. The first kappa shape index (κ1) is 22.5. The standard InChI is InChI=1S/C19H22N2O7S/c1-13-2-3-15(12-17(13)29(27,28)21(8-10-22)9-11-23)18(24)20-16-6-4-14(5-7-16)19(25)26/h2-7,12,22-23H,8-11H2,1H3,(H,20,24)(H,25,26). The Labute approximate surface area is 168 Å². The third-order valence-corrected chi connectivity index (χ3v) is 6.20. The Morgan fingerprint density at radius 3 is 2.03 bits per heavy atom. The molecule has 2 aromatic carbocycles. The van der Waals surface area contributed by atoms with Crippen molar-refractivity contribution < 1.29 is 33.3 Å². The van der Waals surface area contributed by atoms with Crippen molar-refractivity contribution in [2.24, 2.45) is 0 Å². The van der Waals surface area contributed by atoms with E-state index in [0.717, 1.165) is 4.31 Å². The van der Waals surface area contributed by atoms with Crippen molar-refractivity contribution in [2.45, 2.75) is 11.8 Å². The maximum Gasteiger partial charge on any atom is 0.335 e. The molecule has 0 aliphatic rings. The van der Waals surface area contributed by atoms with Crippen LogP contribution in [0.3, 0.4) is 0 Å². The third-order valence-electron chi connectivity index (χ3n) is 4.16. The van der Waals surface area contributed by atoms with Gasteiger partial charge in [-0.1, -0.05) is 6.07 Å². The lowest BCUT2D eigenvalue weighted by Gasteiger charge is -2.21. The number of hydrogen-bond donors (Lipinski definition) is 4. The molecule has 2 rings (SSSR count). The summed E-state index contributed by atoms with van der Waals surface area (Å²) >= 11 is 0. The van der Waals surface area contributed by atoms with Crippen molar-refractivity contribution >= 4 is 27.6 Å². The van der Waals surface area contributed by atoms with E-state index < -0.39 is 35.1 Å². The maximum atomic E-state index is 12.9. The van der Waals surface area contributed by atoms with Crippen LogP contribution in [0.4, 0.5) is 5.69 Å². The minimum absolute atomic E-state index is 0.0690. The highest BCUT2D eigenvalue weighted by Gasteiger charge is 2.26. The summed E-state index contributed by atoms with van der Waals surface area (Å²) in [5.74, 6) is -1.66. The Hall–Kier alpha value is -2.79. The van der Waals surface area contributed by atoms with Crippen LogP contribution < -0.4 is 5.32 Å². The van der Waals surface area contributed by atoms with Gasteiger partial charge in [0.2, 0.25) is 10.0 Å². The second kappa shape index (κ2) is 9.61. The van der Waals surface area contributed by atoms with Crippen molar-refractivity contribution in [3.63, 3.8) is 0 Å². The molecule has 0 aliphatic heterocycles. The van der Waals surface area contributed by atoms with E-state index in [4.69, 9.17) is 15.3 Å². The van der Waals surface area contributed by atoms with E-state index in [9.17, 15) is 18.0 Å². The summed E-state index contributed by atoms with van der Waals surface area (Å²) in [6, 6.07) is 9.72. The molecule has 29 heavy (non-hydrogen) atoms. The Balaban J connectivity index is 2.31. The number of aryl methyl sites for hydroxylation is 1. The highest BCUT2D eigenvalue weighted by molar-refractivity contribution is 7.89. The monoisotopic (exact) mass is 422 g/mol. The number of benzene rings is 2. The van der Waals surface area contributed by atoms with Crippen LogP contribution in [0.1, 0.15) is 26.3 Å². The van der Waals surface area contributed by atoms with Crippen molar-refractivity contribution in [1.29, 1.82) is 0 Å². The lowest BCUT2D eigenvalue weighted by Crippen LogP contribution is -2.36. The summed E-state index contributed by atoms with van der Waals surface area (Å²) in [6.07, 6.45) is 0. The van der Waals surface area contributed by atoms with E-state index in [1.54, 1.807) is 6.92 Å². The van der Waals surface area contributed by atoms with Crippen LogP contribution >= 0.6 is 0 Å². The first-order valence-electron chi connectivity index (χ1n) is 8.68. The first-order chi connectivity index (χ1) is 13.7. The van der Waals surface area contributed by atoms with Crippen LogP contribution in [-0.4, -0.2) is 66.2 Å². The van der Waals surface area contributed by atoms with E-state index in [-0.39, 0.29) is 29.1 Å². The average Bonchev–Trinajstić information content (AvgIpc) is 2.68. The maximum absolute atomic E-state index is 12.9. The number of carboxylic acid groups (broad SMARTS) is 1. The lowest BCUT2D eigenvalue weighted by molar-refractivity contribution is 0.0696. The molecule has 2 aromatic rings. The van der Waals surface area contributed by atoms with E-state index >= 15 is 0 Å². The minimum atomic E-state index is -4.03. The van der Waals surface area contributed by atoms with Crippen LogP contribution in [0.2, 0.25) is 0 Å². The highest BCUT2D eigenvalue weighted by Crippen LogP contribution is 2.22. The zero-order valence-corrected chi connectivity index (χ0v) is 16.5. The van der Waals surface area contributed by atoms with Gasteiger partial charge in [-0.05, 0) is 48.9 Å². The predicted octanol–water partition coefficient (Wildman–Crippen LogP) is 0.921. The quantitative estimate of drug-likeness (QED) is 0.470. The molecule has 1 amide bonds. The summed E-state index contributed by atoms with van der Waals surface area (Å²) < 4.78 is 26.7. The SMILES string of the molecule is Cc1ccc(C(=O)Nc2ccc(C(=O)O)cc2)cc1S(=O)(=O)N(CCO)CCO. The van der Waals surface area contributed by atoms with Gasteiger partial charge in [0.1, 0.15) is 0 Å². The molecule has 4 N–H and O–H groups in total. The molecular formula is C19H22N2O7S. The molecule has 10 heteroatoms. The van der Waals surface area contributed by atoms with Gasteiger partial charge in [0.25, 0.3) is 5.91 Å². The van der Waals surface area contributed by atoms with Gasteiger partial charge < -0.3 is 20.6 Å². The largest absolute Gasteiger partial charge is 0.478 e. The molecule has 0 aromatic heterocycles. The fourth-order valence-electron chi connectivity index (χ4n) is 2.63. The summed E-state index contributed by atoms with van der Waals surface area (Å²) in [5.41, 5.74) is 0.921. The smallest absolute Gasteiger partial charge is 0.335 e. The number of rotatable bonds is 9. The molecule has 9 nitrogen and oxygen atoms in total. The molecule has 0 saturated carbocycles. The Morgan fingerprint density at radius 2 is 1.52 bits per heavy atom. The zero-order chi connectivity index (χ0) is 21.6. The molecule has 0 heterocycles. The van der Waals surface area contributed by atoms with Crippen molar-refractivity contribution in [2.75, 3.05) is 31.6 Å². The van der Waals surface area contributed by atoms with Gasteiger partial charge in [-0.25, -0.2) is 13.2 Å². The molecule has 0 bridgehead atoms. The average molecular weight is 422 g/mol. The molecule has 0 spiro atoms. The number of aromatic carboxylic acids is 1. The number of hydrogen-bond acceptors (Lipinski definition) is 6. The van der Waals surface area contributed by atoms with E-state index in [0.29, 0.717) is 11.3 Å². The topological polar surface area (TPSA) is 144 Å². The van der Waals surface area contributed by atoms with Gasteiger partial charge in [0.05, 0.1) is 23.7 Å². The molecule has 0 saturated heterocycles. The van der Waals surface area contributed by atoms with Gasteiger partial charge in [0, 0.05) is 24.3 Å². The van der Waals surface area contributed by atoms with E-state index in [2.05, 4.69) is 5.32 Å². The first-order valence-corrected chi connectivity index (χ1v) is 10.1. The number of aliphatic hydroxyl groups is 2. The van der Waals surface area contributed by atoms with Gasteiger partial charge in [-0.3, -0.25) is 4.79 Å². The van der Waals surface area contributed by atoms with Crippen molar-refractivity contribution in [3.05, 3.63) is 59.2 Å². The fraction of sp³-hybridized carbons (Fsp3) is 0.263. The number of sulfonamides is 1. The van der Waals surface area contributed by atoms with Crippen LogP contribution in [-0.2, 0) is 10.0 Å². The molecule has 0 radical (unpaired) electrons. The zero-order valence-electron chi connectivity index (χ0n) is 15.7. The number of carbonyl (C=O) groups is 2. The lowest BCUT2D eigenvalue weighted by atomic mass is 10.1. The fourth-order valence-corrected chi connectivity index (χ4v) is 4.31. The second-order valence-electron chi connectivity index (χ2n) is 6.17. The molecule has 0 atom stereocenters. The Kier molecular flexibility index (Phi) is 7.46. The number of nitrogens with one attached hydrogen (secondary N) is 1. The van der Waals surface area contributed by atoms with E-state index in [1.165, 1.54) is 42.5 Å². The van der Waals surface area contributed by atoms with Gasteiger partial charge in [-0.15, -0.1) is 0 Å². The van der Waals surface area contributed by atoms with E-state index in [1.807, 2.05) is 0 Å². The minimum Gasteiger partial charge on any atom is -0.478 e. The third kappa shape index (κ3) is 5.39. The summed E-state index contributed by atoms with van der Waals surface area (Å²) in [6.45, 7) is 0.383. The van der Waals surface area contributed by atoms with Gasteiger partial charge in [-0.2, -0.15) is 4.31 Å². The second-order valence-corrected chi connectivity index (χ2v) is 8.07.